The van der Waals surface area contributed by atoms with Crippen LogP contribution in [0.2, 0.25) is 0 Å². The van der Waals surface area contributed by atoms with E-state index in [9.17, 15) is 4.79 Å². The number of nitrogens with zero attached hydrogens (tertiary/aromatic N) is 4. The van der Waals surface area contributed by atoms with Gasteiger partial charge < -0.3 is 19.4 Å². The van der Waals surface area contributed by atoms with Gasteiger partial charge in [-0.25, -0.2) is 5.43 Å². The van der Waals surface area contributed by atoms with Crippen LogP contribution in [0.4, 0.5) is 5.69 Å². The first-order valence-corrected chi connectivity index (χ1v) is 11.5. The summed E-state index contributed by atoms with van der Waals surface area (Å²) in [7, 11) is 3.13. The Kier molecular flexibility index (Phi) is 9.10. The molecule has 10 heteroatoms. The minimum absolute atomic E-state index is 0.143. The van der Waals surface area contributed by atoms with Gasteiger partial charge >= 0.3 is 0 Å². The van der Waals surface area contributed by atoms with Crippen molar-refractivity contribution in [3.63, 3.8) is 0 Å². The van der Waals surface area contributed by atoms with Crippen molar-refractivity contribution in [3.8, 4) is 11.5 Å². The monoisotopic (exact) mass is 480 g/mol. The van der Waals surface area contributed by atoms with Crippen molar-refractivity contribution in [3.05, 3.63) is 72.1 Å². The fourth-order valence-electron chi connectivity index (χ4n) is 3.00. The molecule has 0 saturated heterocycles. The molecule has 0 aliphatic heterocycles. The van der Waals surface area contributed by atoms with E-state index in [1.807, 2.05) is 41.8 Å². The van der Waals surface area contributed by atoms with E-state index in [1.165, 1.54) is 17.3 Å². The van der Waals surface area contributed by atoms with Crippen LogP contribution in [-0.2, 0) is 17.9 Å². The number of carbonyl (C=O) groups is 1. The molecule has 1 amide bonds. The van der Waals surface area contributed by atoms with Crippen molar-refractivity contribution in [1.29, 1.82) is 0 Å². The first kappa shape index (κ1) is 24.8. The third kappa shape index (κ3) is 6.85. The number of hydrazone groups is 1. The summed E-state index contributed by atoms with van der Waals surface area (Å²) in [5.41, 5.74) is 5.49. The number of amides is 1. The number of thioether (sulfide) groups is 1. The van der Waals surface area contributed by atoms with E-state index in [2.05, 4.69) is 32.6 Å². The Hall–Kier alpha value is -3.79. The molecule has 0 saturated carbocycles. The lowest BCUT2D eigenvalue weighted by Crippen LogP contribution is -2.20. The third-order valence-corrected chi connectivity index (χ3v) is 5.72. The molecule has 0 radical (unpaired) electrons. The zero-order chi connectivity index (χ0) is 24.3. The summed E-state index contributed by atoms with van der Waals surface area (Å²) in [6, 6.07) is 13.5. The number of anilines is 1. The Balaban J connectivity index is 1.54. The first-order valence-electron chi connectivity index (χ1n) is 10.5. The second kappa shape index (κ2) is 12.4. The number of benzene rings is 2. The standard InChI is InChI=1S/C24H28N6O3S/c1-5-12-30-22(15-25-19-9-6-17(2)7-10-19)27-29-24(30)34-16-23(31)28-26-14-18-8-11-20(32-3)21(13-18)33-4/h5-11,13-14,25H,1,12,15-16H2,2-4H3,(H,28,31). The van der Waals surface area contributed by atoms with Gasteiger partial charge in [0, 0.05) is 12.2 Å². The van der Waals surface area contributed by atoms with Crippen LogP contribution in [0.15, 0.2) is 65.4 Å². The van der Waals surface area contributed by atoms with E-state index in [0.29, 0.717) is 29.7 Å². The molecule has 0 unspecified atom stereocenters. The summed E-state index contributed by atoms with van der Waals surface area (Å²) in [5, 5.41) is 16.5. The van der Waals surface area contributed by atoms with Crippen molar-refractivity contribution in [2.24, 2.45) is 5.10 Å². The average molecular weight is 481 g/mol. The second-order valence-corrected chi connectivity index (χ2v) is 8.16. The number of nitrogens with one attached hydrogen (secondary N) is 2. The Morgan fingerprint density at radius 1 is 1.15 bits per heavy atom. The lowest BCUT2D eigenvalue weighted by Gasteiger charge is -2.09. The molecular weight excluding hydrogens is 452 g/mol. The molecule has 0 atom stereocenters. The normalized spacial score (nSPS) is 10.8. The van der Waals surface area contributed by atoms with Crippen LogP contribution in [0.5, 0.6) is 11.5 Å². The number of carbonyl (C=O) groups excluding carboxylic acids is 1. The number of rotatable bonds is 12. The van der Waals surface area contributed by atoms with Crippen LogP contribution in [0.3, 0.4) is 0 Å². The van der Waals surface area contributed by atoms with Gasteiger partial charge in [0.25, 0.3) is 5.91 Å². The van der Waals surface area contributed by atoms with Gasteiger partial charge in [0.1, 0.15) is 0 Å². The van der Waals surface area contributed by atoms with Gasteiger partial charge in [-0.2, -0.15) is 5.10 Å². The fraction of sp³-hybridized carbons (Fsp3) is 0.250. The summed E-state index contributed by atoms with van der Waals surface area (Å²) < 4.78 is 12.4. The highest BCUT2D eigenvalue weighted by Gasteiger charge is 2.13. The molecule has 3 aromatic rings. The lowest BCUT2D eigenvalue weighted by molar-refractivity contribution is -0.118. The van der Waals surface area contributed by atoms with Crippen LogP contribution >= 0.6 is 11.8 Å². The molecule has 34 heavy (non-hydrogen) atoms. The summed E-state index contributed by atoms with van der Waals surface area (Å²) in [6.07, 6.45) is 3.32. The van der Waals surface area contributed by atoms with E-state index in [-0.39, 0.29) is 11.7 Å². The molecular formula is C24H28N6O3S. The predicted molar refractivity (Wildman–Crippen MR) is 135 cm³/mol. The summed E-state index contributed by atoms with van der Waals surface area (Å²) in [6.45, 7) is 6.91. The topological polar surface area (TPSA) is 103 Å². The smallest absolute Gasteiger partial charge is 0.250 e. The highest BCUT2D eigenvalue weighted by atomic mass is 32.2. The number of allylic oxidation sites excluding steroid dienone is 1. The first-order chi connectivity index (χ1) is 16.5. The van der Waals surface area contributed by atoms with Crippen LogP contribution < -0.4 is 20.2 Å². The van der Waals surface area contributed by atoms with Gasteiger partial charge in [-0.15, -0.1) is 16.8 Å². The number of aryl methyl sites for hydroxylation is 1. The Bertz CT molecular complexity index is 1140. The highest BCUT2D eigenvalue weighted by Crippen LogP contribution is 2.26. The van der Waals surface area contributed by atoms with E-state index in [1.54, 1.807) is 38.6 Å². The zero-order valence-electron chi connectivity index (χ0n) is 19.4. The largest absolute Gasteiger partial charge is 0.493 e. The van der Waals surface area contributed by atoms with E-state index < -0.39 is 0 Å². The average Bonchev–Trinajstić information content (AvgIpc) is 3.23. The van der Waals surface area contributed by atoms with Crippen LogP contribution in [0.1, 0.15) is 17.0 Å². The van der Waals surface area contributed by atoms with Crippen LogP contribution in [0.25, 0.3) is 0 Å². The van der Waals surface area contributed by atoms with Crippen molar-refractivity contribution < 1.29 is 14.3 Å². The molecule has 2 N–H and O–H groups in total. The van der Waals surface area contributed by atoms with Gasteiger partial charge in [0.2, 0.25) is 0 Å². The van der Waals surface area contributed by atoms with Crippen molar-refractivity contribution in [2.45, 2.75) is 25.2 Å². The molecule has 178 valence electrons. The molecule has 0 fully saturated rings. The molecule has 0 spiro atoms. The maximum atomic E-state index is 12.3. The maximum Gasteiger partial charge on any atom is 0.250 e. The third-order valence-electron chi connectivity index (χ3n) is 4.75. The molecule has 1 aromatic heterocycles. The Morgan fingerprint density at radius 3 is 2.62 bits per heavy atom. The lowest BCUT2D eigenvalue weighted by atomic mass is 10.2. The SMILES string of the molecule is C=CCn1c(CNc2ccc(C)cc2)nnc1SCC(=O)NN=Cc1ccc(OC)c(OC)c1. The summed E-state index contributed by atoms with van der Waals surface area (Å²) >= 11 is 1.29. The highest BCUT2D eigenvalue weighted by molar-refractivity contribution is 7.99. The quantitative estimate of drug-likeness (QED) is 0.177. The molecule has 9 nitrogen and oxygen atoms in total. The Morgan fingerprint density at radius 2 is 1.91 bits per heavy atom. The summed E-state index contributed by atoms with van der Waals surface area (Å²) in [4.78, 5) is 12.3. The molecule has 0 aliphatic carbocycles. The minimum atomic E-state index is -0.255. The molecule has 3 rings (SSSR count). The van der Waals surface area contributed by atoms with Crippen LogP contribution in [-0.4, -0.2) is 46.9 Å². The minimum Gasteiger partial charge on any atom is -0.493 e. The predicted octanol–water partition coefficient (Wildman–Crippen LogP) is 3.64. The number of hydrogen-bond donors (Lipinski definition) is 2. The fourth-order valence-corrected chi connectivity index (χ4v) is 3.75. The molecule has 2 aromatic carbocycles. The van der Waals surface area contributed by atoms with Gasteiger partial charge in [-0.3, -0.25) is 4.79 Å². The molecule has 1 heterocycles. The number of methoxy groups -OCH3 is 2. The maximum absolute atomic E-state index is 12.3. The van der Waals surface area contributed by atoms with Crippen LogP contribution in [0, 0.1) is 6.92 Å². The zero-order valence-corrected chi connectivity index (χ0v) is 20.3. The molecule has 0 aliphatic rings. The van der Waals surface area contributed by atoms with Crippen molar-refractivity contribution >= 4 is 29.6 Å². The second-order valence-electron chi connectivity index (χ2n) is 7.21. The Labute approximate surface area is 203 Å². The van der Waals surface area contributed by atoms with E-state index in [4.69, 9.17) is 9.47 Å². The van der Waals surface area contributed by atoms with Crippen molar-refractivity contribution in [2.75, 3.05) is 25.3 Å². The van der Waals surface area contributed by atoms with Crippen molar-refractivity contribution in [1.82, 2.24) is 20.2 Å². The van der Waals surface area contributed by atoms with Gasteiger partial charge in [0.15, 0.2) is 22.5 Å². The molecule has 0 bridgehead atoms. The van der Waals surface area contributed by atoms with E-state index >= 15 is 0 Å². The van der Waals surface area contributed by atoms with Gasteiger partial charge in [-0.05, 0) is 42.8 Å². The number of hydrogen-bond acceptors (Lipinski definition) is 8. The number of ether oxygens (including phenoxy) is 2. The number of aromatic nitrogens is 3. The van der Waals surface area contributed by atoms with Gasteiger partial charge in [-0.1, -0.05) is 35.5 Å². The van der Waals surface area contributed by atoms with Gasteiger partial charge in [0.05, 0.1) is 32.7 Å². The summed E-state index contributed by atoms with van der Waals surface area (Å²) in [5.74, 6) is 1.85. The van der Waals surface area contributed by atoms with E-state index in [0.717, 1.165) is 17.1 Å².